The first-order chi connectivity index (χ1) is 13.8. The van der Waals surface area contributed by atoms with E-state index in [0.717, 1.165) is 57.8 Å². The molecule has 4 rings (SSSR count). The van der Waals surface area contributed by atoms with E-state index in [9.17, 15) is 9.59 Å². The maximum Gasteiger partial charge on any atom is 0.326 e. The zero-order valence-corrected chi connectivity index (χ0v) is 17.7. The minimum atomic E-state index is -0.682. The van der Waals surface area contributed by atoms with Gasteiger partial charge in [0.1, 0.15) is 5.54 Å². The maximum atomic E-state index is 13.2. The molecule has 1 aliphatic carbocycles. The van der Waals surface area contributed by atoms with Gasteiger partial charge in [-0.25, -0.2) is 19.7 Å². The third-order valence-electron chi connectivity index (χ3n) is 6.86. The summed E-state index contributed by atoms with van der Waals surface area (Å²) in [4.78, 5) is 40.2. The molecule has 3 amide bonds. The van der Waals surface area contributed by atoms with Gasteiger partial charge in [0.15, 0.2) is 0 Å². The van der Waals surface area contributed by atoms with Crippen LogP contribution < -0.4 is 10.2 Å². The van der Waals surface area contributed by atoms with Crippen LogP contribution in [0.5, 0.6) is 0 Å². The number of aromatic nitrogens is 2. The van der Waals surface area contributed by atoms with Gasteiger partial charge in [0.25, 0.3) is 5.91 Å². The van der Waals surface area contributed by atoms with Crippen molar-refractivity contribution >= 4 is 17.9 Å². The molecule has 1 N–H and O–H groups in total. The monoisotopic (exact) mass is 400 g/mol. The Labute approximate surface area is 172 Å². The molecule has 0 aromatic carbocycles. The lowest BCUT2D eigenvalue weighted by molar-refractivity contribution is -0.134. The summed E-state index contributed by atoms with van der Waals surface area (Å²) in [5.74, 6) is 1.29. The molecule has 2 saturated heterocycles. The average Bonchev–Trinajstić information content (AvgIpc) is 2.93. The molecule has 0 unspecified atom stereocenters. The quantitative estimate of drug-likeness (QED) is 0.783. The normalized spacial score (nSPS) is 28.9. The van der Waals surface area contributed by atoms with Gasteiger partial charge in [0.2, 0.25) is 5.95 Å². The number of carbonyl (C=O) groups excluding carboxylic acids is 2. The minimum Gasteiger partial charge on any atom is -0.338 e. The fourth-order valence-corrected chi connectivity index (χ4v) is 4.86. The van der Waals surface area contributed by atoms with Crippen molar-refractivity contribution in [3.63, 3.8) is 0 Å². The first-order valence-corrected chi connectivity index (χ1v) is 10.7. The molecule has 3 heterocycles. The predicted molar refractivity (Wildman–Crippen MR) is 110 cm³/mol. The Bertz CT molecular complexity index is 746. The van der Waals surface area contributed by atoms with Crippen molar-refractivity contribution in [3.8, 4) is 0 Å². The SMILES string of the molecule is CC(C)(C)C1CCC2(CC1)NC(=O)N(CN1CCN(c3ncccn3)CC1)C2=O. The van der Waals surface area contributed by atoms with E-state index in [1.54, 1.807) is 12.4 Å². The molecule has 3 fully saturated rings. The number of anilines is 1. The van der Waals surface area contributed by atoms with Crippen LogP contribution in [-0.2, 0) is 4.79 Å². The molecule has 0 bridgehead atoms. The summed E-state index contributed by atoms with van der Waals surface area (Å²) in [6.45, 7) is 10.3. The Kier molecular flexibility index (Phi) is 5.23. The number of nitrogens with one attached hydrogen (secondary N) is 1. The number of carbonyl (C=O) groups is 2. The number of amides is 3. The van der Waals surface area contributed by atoms with Crippen LogP contribution in [0, 0.1) is 11.3 Å². The molecule has 3 aliphatic rings. The van der Waals surface area contributed by atoms with Crippen molar-refractivity contribution in [2.24, 2.45) is 11.3 Å². The summed E-state index contributed by atoms with van der Waals surface area (Å²) in [5.41, 5.74) is -0.437. The Morgan fingerprint density at radius 1 is 1.07 bits per heavy atom. The molecule has 1 aromatic heterocycles. The lowest BCUT2D eigenvalue weighted by Crippen LogP contribution is -2.53. The van der Waals surface area contributed by atoms with Crippen molar-refractivity contribution in [2.75, 3.05) is 37.7 Å². The minimum absolute atomic E-state index is 0.0383. The number of piperazine rings is 1. The fraction of sp³-hybridized carbons (Fsp3) is 0.714. The third-order valence-corrected chi connectivity index (χ3v) is 6.86. The molecule has 1 spiro atoms. The summed E-state index contributed by atoms with van der Waals surface area (Å²) >= 11 is 0. The highest BCUT2D eigenvalue weighted by atomic mass is 16.2. The van der Waals surface area contributed by atoms with Gasteiger partial charge in [-0.1, -0.05) is 20.8 Å². The van der Waals surface area contributed by atoms with Gasteiger partial charge in [-0.3, -0.25) is 9.69 Å². The van der Waals surface area contributed by atoms with Crippen molar-refractivity contribution in [2.45, 2.75) is 52.0 Å². The lowest BCUT2D eigenvalue weighted by atomic mass is 9.67. The van der Waals surface area contributed by atoms with E-state index in [4.69, 9.17) is 0 Å². The summed E-state index contributed by atoms with van der Waals surface area (Å²) in [6, 6.07) is 1.57. The highest BCUT2D eigenvalue weighted by Gasteiger charge is 2.53. The predicted octanol–water partition coefficient (Wildman–Crippen LogP) is 2.08. The highest BCUT2D eigenvalue weighted by Crippen LogP contribution is 2.43. The molecule has 0 atom stereocenters. The molecule has 1 aromatic rings. The smallest absolute Gasteiger partial charge is 0.326 e. The van der Waals surface area contributed by atoms with Crippen LogP contribution in [0.1, 0.15) is 46.5 Å². The van der Waals surface area contributed by atoms with Gasteiger partial charge in [0.05, 0.1) is 6.67 Å². The van der Waals surface area contributed by atoms with E-state index >= 15 is 0 Å². The molecule has 29 heavy (non-hydrogen) atoms. The summed E-state index contributed by atoms with van der Waals surface area (Å²) in [5, 5.41) is 3.05. The second-order valence-corrected chi connectivity index (χ2v) is 9.68. The molecular weight excluding hydrogens is 368 g/mol. The van der Waals surface area contributed by atoms with Crippen molar-refractivity contribution < 1.29 is 9.59 Å². The Balaban J connectivity index is 1.34. The summed E-state index contributed by atoms with van der Waals surface area (Å²) in [7, 11) is 0. The van der Waals surface area contributed by atoms with Gasteiger partial charge in [-0.15, -0.1) is 0 Å². The van der Waals surface area contributed by atoms with Gasteiger partial charge in [-0.05, 0) is 43.1 Å². The van der Waals surface area contributed by atoms with E-state index < -0.39 is 5.54 Å². The Hall–Kier alpha value is -2.22. The number of nitrogens with zero attached hydrogens (tertiary/aromatic N) is 5. The summed E-state index contributed by atoms with van der Waals surface area (Å²) in [6.07, 6.45) is 6.95. The van der Waals surface area contributed by atoms with Gasteiger partial charge in [0, 0.05) is 38.6 Å². The molecule has 8 nitrogen and oxygen atoms in total. The highest BCUT2D eigenvalue weighted by molar-refractivity contribution is 6.07. The van der Waals surface area contributed by atoms with E-state index in [1.165, 1.54) is 4.90 Å². The number of hydrogen-bond donors (Lipinski definition) is 1. The number of hydrogen-bond acceptors (Lipinski definition) is 6. The molecule has 158 valence electrons. The molecule has 2 aliphatic heterocycles. The number of urea groups is 1. The van der Waals surface area contributed by atoms with E-state index in [2.05, 4.69) is 45.9 Å². The van der Waals surface area contributed by atoms with Crippen LogP contribution in [0.2, 0.25) is 0 Å². The van der Waals surface area contributed by atoms with Crippen LogP contribution in [0.4, 0.5) is 10.7 Å². The van der Waals surface area contributed by atoms with Gasteiger partial charge < -0.3 is 10.2 Å². The number of imide groups is 1. The largest absolute Gasteiger partial charge is 0.338 e. The van der Waals surface area contributed by atoms with Crippen LogP contribution in [-0.4, -0.2) is 70.1 Å². The van der Waals surface area contributed by atoms with Gasteiger partial charge in [-0.2, -0.15) is 0 Å². The van der Waals surface area contributed by atoms with Crippen LogP contribution >= 0.6 is 0 Å². The Morgan fingerprint density at radius 3 is 2.28 bits per heavy atom. The lowest BCUT2D eigenvalue weighted by Gasteiger charge is -2.41. The van der Waals surface area contributed by atoms with E-state index in [-0.39, 0.29) is 17.4 Å². The van der Waals surface area contributed by atoms with Crippen molar-refractivity contribution in [1.29, 1.82) is 0 Å². The van der Waals surface area contributed by atoms with Crippen LogP contribution in [0.3, 0.4) is 0 Å². The molecule has 0 radical (unpaired) electrons. The van der Waals surface area contributed by atoms with Gasteiger partial charge >= 0.3 is 6.03 Å². The van der Waals surface area contributed by atoms with E-state index in [1.807, 2.05) is 6.07 Å². The van der Waals surface area contributed by atoms with Crippen LogP contribution in [0.25, 0.3) is 0 Å². The first kappa shape index (κ1) is 20.1. The Morgan fingerprint density at radius 2 is 1.69 bits per heavy atom. The molecule has 1 saturated carbocycles. The molecular formula is C21H32N6O2. The fourth-order valence-electron chi connectivity index (χ4n) is 4.86. The zero-order chi connectivity index (χ0) is 20.6. The topological polar surface area (TPSA) is 81.7 Å². The van der Waals surface area contributed by atoms with Crippen LogP contribution in [0.15, 0.2) is 18.5 Å². The van der Waals surface area contributed by atoms with E-state index in [0.29, 0.717) is 12.6 Å². The average molecular weight is 401 g/mol. The van der Waals surface area contributed by atoms with Crippen molar-refractivity contribution in [1.82, 2.24) is 25.1 Å². The maximum absolute atomic E-state index is 13.2. The third kappa shape index (κ3) is 3.95. The first-order valence-electron chi connectivity index (χ1n) is 10.7. The number of rotatable bonds is 3. The molecule has 8 heteroatoms. The standard InChI is InChI=1S/C21H32N6O2/c1-20(2,3)16-5-7-21(8-6-16)17(28)27(19(29)24-21)15-25-11-13-26(14-12-25)18-22-9-4-10-23-18/h4,9-10,16H,5-8,11-15H2,1-3H3,(H,24,29). The van der Waals surface area contributed by atoms with Crippen molar-refractivity contribution in [3.05, 3.63) is 18.5 Å². The second-order valence-electron chi connectivity index (χ2n) is 9.68. The second kappa shape index (κ2) is 7.55. The zero-order valence-electron chi connectivity index (χ0n) is 17.7. The summed E-state index contributed by atoms with van der Waals surface area (Å²) < 4.78 is 0.